The number of aromatic nitrogens is 2. The lowest BCUT2D eigenvalue weighted by Crippen LogP contribution is -2.05. The van der Waals surface area contributed by atoms with Crippen LogP contribution in [-0.2, 0) is 6.54 Å². The number of fused-ring (bicyclic) bond motifs is 1. The van der Waals surface area contributed by atoms with E-state index in [2.05, 4.69) is 18.8 Å². The van der Waals surface area contributed by atoms with Crippen molar-refractivity contribution in [2.45, 2.75) is 26.3 Å². The fourth-order valence-corrected chi connectivity index (χ4v) is 3.00. The Hall–Kier alpha value is -1.71. The highest BCUT2D eigenvalue weighted by Crippen LogP contribution is 2.36. The zero-order valence-corrected chi connectivity index (χ0v) is 13.9. The molecule has 0 amide bonds. The summed E-state index contributed by atoms with van der Waals surface area (Å²) in [4.78, 5) is 4.41. The number of aromatic hydroxyl groups is 1. The van der Waals surface area contributed by atoms with E-state index in [1.54, 1.807) is 12.3 Å². The summed E-state index contributed by atoms with van der Waals surface area (Å²) in [5, 5.41) is 12.5. The van der Waals surface area contributed by atoms with Gasteiger partial charge in [0, 0.05) is 11.2 Å². The second kappa shape index (κ2) is 5.82. The Kier molecular flexibility index (Phi) is 4.02. The molecule has 0 aliphatic carbocycles. The Morgan fingerprint density at radius 3 is 2.45 bits per heavy atom. The molecule has 3 aromatic rings. The molecule has 0 aliphatic rings. The molecule has 0 saturated carbocycles. The summed E-state index contributed by atoms with van der Waals surface area (Å²) in [5.74, 6) is 0.424. The van der Waals surface area contributed by atoms with Gasteiger partial charge in [0.05, 0.1) is 28.2 Å². The van der Waals surface area contributed by atoms with Gasteiger partial charge in [-0.05, 0) is 29.7 Å². The molecule has 0 radical (unpaired) electrons. The van der Waals surface area contributed by atoms with Crippen molar-refractivity contribution in [2.75, 3.05) is 0 Å². The summed E-state index contributed by atoms with van der Waals surface area (Å²) in [7, 11) is 0. The van der Waals surface area contributed by atoms with E-state index in [1.807, 2.05) is 28.8 Å². The first kappa shape index (κ1) is 15.2. The molecular formula is C17H16Cl2N2O. The van der Waals surface area contributed by atoms with Gasteiger partial charge in [0.15, 0.2) is 0 Å². The molecule has 0 bridgehead atoms. The molecule has 0 aliphatic heterocycles. The molecule has 1 N–H and O–H groups in total. The van der Waals surface area contributed by atoms with Crippen LogP contribution in [0.2, 0.25) is 10.0 Å². The van der Waals surface area contributed by atoms with Gasteiger partial charge in [-0.25, -0.2) is 0 Å². The van der Waals surface area contributed by atoms with E-state index >= 15 is 0 Å². The van der Waals surface area contributed by atoms with Gasteiger partial charge in [0.2, 0.25) is 5.88 Å². The van der Waals surface area contributed by atoms with E-state index in [1.165, 1.54) is 0 Å². The van der Waals surface area contributed by atoms with Crippen molar-refractivity contribution in [3.05, 3.63) is 57.8 Å². The first-order valence-corrected chi connectivity index (χ1v) is 7.84. The van der Waals surface area contributed by atoms with Gasteiger partial charge in [-0.3, -0.25) is 4.98 Å². The molecular weight excluding hydrogens is 319 g/mol. The third kappa shape index (κ3) is 2.67. The quantitative estimate of drug-likeness (QED) is 0.712. The fourth-order valence-electron chi connectivity index (χ4n) is 2.72. The molecule has 2 heterocycles. The Balaban J connectivity index is 2.17. The predicted octanol–water partition coefficient (Wildman–Crippen LogP) is 5.22. The van der Waals surface area contributed by atoms with Crippen LogP contribution in [0, 0.1) is 0 Å². The van der Waals surface area contributed by atoms with E-state index in [-0.39, 0.29) is 11.8 Å². The summed E-state index contributed by atoms with van der Waals surface area (Å²) < 4.78 is 1.89. The SMILES string of the molecule is CC(C)c1c2ncc(Cl)cc2c(O)n1Cc1ccc(Cl)cc1. The minimum absolute atomic E-state index is 0.198. The Labute approximate surface area is 139 Å². The van der Waals surface area contributed by atoms with Crippen molar-refractivity contribution >= 4 is 34.1 Å². The number of hydrogen-bond acceptors (Lipinski definition) is 2. The molecule has 3 rings (SSSR count). The van der Waals surface area contributed by atoms with E-state index < -0.39 is 0 Å². The molecule has 0 unspecified atom stereocenters. The molecule has 22 heavy (non-hydrogen) atoms. The van der Waals surface area contributed by atoms with Crippen LogP contribution in [0.4, 0.5) is 0 Å². The minimum atomic E-state index is 0.198. The van der Waals surface area contributed by atoms with Gasteiger partial charge in [-0.15, -0.1) is 0 Å². The van der Waals surface area contributed by atoms with Gasteiger partial charge in [0.1, 0.15) is 0 Å². The standard InChI is InChI=1S/C17H16Cl2N2O/c1-10(2)16-15-14(7-13(19)8-20-15)17(22)21(16)9-11-3-5-12(18)6-4-11/h3-8,10,22H,9H2,1-2H3. The molecule has 0 spiro atoms. The van der Waals surface area contributed by atoms with Crippen molar-refractivity contribution in [3.63, 3.8) is 0 Å². The number of halogens is 2. The van der Waals surface area contributed by atoms with Gasteiger partial charge in [-0.1, -0.05) is 49.2 Å². The van der Waals surface area contributed by atoms with Crippen LogP contribution in [0.1, 0.15) is 31.0 Å². The molecule has 2 aromatic heterocycles. The number of rotatable bonds is 3. The Bertz CT molecular complexity index is 823. The first-order valence-electron chi connectivity index (χ1n) is 7.08. The summed E-state index contributed by atoms with van der Waals surface area (Å²) in [5.41, 5.74) is 2.86. The second-order valence-electron chi connectivity index (χ2n) is 5.63. The average Bonchev–Trinajstić information content (AvgIpc) is 2.74. The Morgan fingerprint density at radius 2 is 1.82 bits per heavy atom. The van der Waals surface area contributed by atoms with Crippen LogP contribution in [0.3, 0.4) is 0 Å². The molecule has 0 saturated heterocycles. The molecule has 0 fully saturated rings. The summed E-state index contributed by atoms with van der Waals surface area (Å²) in [6, 6.07) is 9.36. The highest BCUT2D eigenvalue weighted by Gasteiger charge is 2.20. The lowest BCUT2D eigenvalue weighted by Gasteiger charge is -2.13. The molecule has 3 nitrogen and oxygen atoms in total. The number of pyridine rings is 1. The van der Waals surface area contributed by atoms with Crippen LogP contribution in [0.25, 0.3) is 10.9 Å². The molecule has 5 heteroatoms. The van der Waals surface area contributed by atoms with Crippen LogP contribution < -0.4 is 0 Å². The molecule has 114 valence electrons. The maximum Gasteiger partial charge on any atom is 0.201 e. The fraction of sp³-hybridized carbons (Fsp3) is 0.235. The highest BCUT2D eigenvalue weighted by molar-refractivity contribution is 6.31. The predicted molar refractivity (Wildman–Crippen MR) is 91.1 cm³/mol. The van der Waals surface area contributed by atoms with Crippen LogP contribution in [0.5, 0.6) is 5.88 Å². The monoisotopic (exact) mass is 334 g/mol. The maximum atomic E-state index is 10.6. The highest BCUT2D eigenvalue weighted by atomic mass is 35.5. The van der Waals surface area contributed by atoms with E-state index in [0.29, 0.717) is 22.0 Å². The summed E-state index contributed by atoms with van der Waals surface area (Å²) in [6.07, 6.45) is 1.61. The van der Waals surface area contributed by atoms with Crippen LogP contribution >= 0.6 is 23.2 Å². The maximum absolute atomic E-state index is 10.6. The number of benzene rings is 1. The van der Waals surface area contributed by atoms with Gasteiger partial charge in [-0.2, -0.15) is 0 Å². The van der Waals surface area contributed by atoms with Crippen LogP contribution in [-0.4, -0.2) is 14.7 Å². The van der Waals surface area contributed by atoms with Crippen molar-refractivity contribution in [3.8, 4) is 5.88 Å². The van der Waals surface area contributed by atoms with Gasteiger partial charge >= 0.3 is 0 Å². The average molecular weight is 335 g/mol. The zero-order valence-electron chi connectivity index (χ0n) is 12.3. The Morgan fingerprint density at radius 1 is 1.14 bits per heavy atom. The van der Waals surface area contributed by atoms with E-state index in [4.69, 9.17) is 23.2 Å². The van der Waals surface area contributed by atoms with Crippen molar-refractivity contribution in [1.29, 1.82) is 0 Å². The lowest BCUT2D eigenvalue weighted by atomic mass is 10.1. The number of hydrogen-bond donors (Lipinski definition) is 1. The largest absolute Gasteiger partial charge is 0.494 e. The van der Waals surface area contributed by atoms with Gasteiger partial charge < -0.3 is 9.67 Å². The lowest BCUT2D eigenvalue weighted by molar-refractivity contribution is 0.423. The smallest absolute Gasteiger partial charge is 0.201 e. The zero-order chi connectivity index (χ0) is 15.9. The van der Waals surface area contributed by atoms with Crippen molar-refractivity contribution in [1.82, 2.24) is 9.55 Å². The molecule has 0 atom stereocenters. The normalized spacial score (nSPS) is 11.5. The van der Waals surface area contributed by atoms with E-state index in [0.717, 1.165) is 16.8 Å². The third-order valence-corrected chi connectivity index (χ3v) is 4.14. The minimum Gasteiger partial charge on any atom is -0.494 e. The second-order valence-corrected chi connectivity index (χ2v) is 6.50. The third-order valence-electron chi connectivity index (χ3n) is 3.69. The van der Waals surface area contributed by atoms with Gasteiger partial charge in [0.25, 0.3) is 0 Å². The topological polar surface area (TPSA) is 38.1 Å². The number of nitrogens with zero attached hydrogens (tertiary/aromatic N) is 2. The first-order chi connectivity index (χ1) is 10.5. The van der Waals surface area contributed by atoms with Crippen molar-refractivity contribution in [2.24, 2.45) is 0 Å². The molecule has 1 aromatic carbocycles. The summed E-state index contributed by atoms with van der Waals surface area (Å²) in [6.45, 7) is 4.73. The van der Waals surface area contributed by atoms with E-state index in [9.17, 15) is 5.11 Å². The van der Waals surface area contributed by atoms with Crippen molar-refractivity contribution < 1.29 is 5.11 Å². The summed E-state index contributed by atoms with van der Waals surface area (Å²) >= 11 is 11.9. The van der Waals surface area contributed by atoms with Crippen LogP contribution in [0.15, 0.2) is 36.5 Å².